The summed E-state index contributed by atoms with van der Waals surface area (Å²) >= 11 is 0. The Bertz CT molecular complexity index is 477. The first-order valence-corrected chi connectivity index (χ1v) is 4.67. The number of ether oxygens (including phenoxy) is 1. The number of pyridine rings is 1. The van der Waals surface area contributed by atoms with Gasteiger partial charge in [0.15, 0.2) is 5.82 Å². The number of epoxide rings is 1. The lowest BCUT2D eigenvalue weighted by Crippen LogP contribution is -2.01. The van der Waals surface area contributed by atoms with E-state index in [1.807, 2.05) is 19.1 Å². The van der Waals surface area contributed by atoms with Crippen LogP contribution in [0.4, 0.5) is 0 Å². The summed E-state index contributed by atoms with van der Waals surface area (Å²) in [7, 11) is 0. The van der Waals surface area contributed by atoms with Gasteiger partial charge in [-0.1, -0.05) is 6.07 Å². The fraction of sp³-hybridized carbons (Fsp3) is 0.333. The zero-order valence-electron chi connectivity index (χ0n) is 8.16. The molecule has 15 heavy (non-hydrogen) atoms. The number of tetrazole rings is 1. The van der Waals surface area contributed by atoms with Crippen molar-refractivity contribution < 1.29 is 4.74 Å². The van der Waals surface area contributed by atoms with Crippen LogP contribution >= 0.6 is 0 Å². The molecular formula is C9H9N5O. The van der Waals surface area contributed by atoms with E-state index in [0.29, 0.717) is 0 Å². The van der Waals surface area contributed by atoms with Crippen molar-refractivity contribution in [2.45, 2.75) is 13.0 Å². The quantitative estimate of drug-likeness (QED) is 0.662. The lowest BCUT2D eigenvalue weighted by Gasteiger charge is -2.03. The van der Waals surface area contributed by atoms with Crippen LogP contribution in [0.3, 0.4) is 0 Å². The maximum absolute atomic E-state index is 5.22. The lowest BCUT2D eigenvalue weighted by atomic mass is 10.1. The van der Waals surface area contributed by atoms with Crippen LogP contribution in [0.2, 0.25) is 0 Å². The largest absolute Gasteiger partial charge is 0.368 e. The Morgan fingerprint density at radius 3 is 2.93 bits per heavy atom. The van der Waals surface area contributed by atoms with Crippen molar-refractivity contribution in [3.8, 4) is 5.82 Å². The van der Waals surface area contributed by atoms with Crippen molar-refractivity contribution in [3.63, 3.8) is 0 Å². The van der Waals surface area contributed by atoms with E-state index in [1.165, 1.54) is 11.0 Å². The Hall–Kier alpha value is -1.82. The molecule has 0 N–H and O–H groups in total. The Kier molecular flexibility index (Phi) is 1.75. The van der Waals surface area contributed by atoms with E-state index in [-0.39, 0.29) is 6.10 Å². The number of aryl methyl sites for hydroxylation is 1. The summed E-state index contributed by atoms with van der Waals surface area (Å²) in [4.78, 5) is 4.42. The average molecular weight is 203 g/mol. The first-order valence-electron chi connectivity index (χ1n) is 4.67. The highest BCUT2D eigenvalue weighted by Gasteiger charge is 2.26. The fourth-order valence-corrected chi connectivity index (χ4v) is 1.52. The molecule has 0 radical (unpaired) electrons. The molecule has 2 aromatic rings. The molecule has 1 aliphatic rings. The SMILES string of the molecule is Cc1nc(-n2cnnn2)ccc1C1CO1. The molecule has 1 unspecified atom stereocenters. The average Bonchev–Trinajstić information content (AvgIpc) is 2.93. The third-order valence-corrected chi connectivity index (χ3v) is 2.38. The molecule has 6 nitrogen and oxygen atoms in total. The van der Waals surface area contributed by atoms with Crippen molar-refractivity contribution in [3.05, 3.63) is 29.7 Å². The van der Waals surface area contributed by atoms with Crippen LogP contribution in [-0.4, -0.2) is 31.8 Å². The monoisotopic (exact) mass is 203 g/mol. The summed E-state index contributed by atoms with van der Waals surface area (Å²) in [6.45, 7) is 2.76. The summed E-state index contributed by atoms with van der Waals surface area (Å²) in [5.41, 5.74) is 2.11. The molecule has 2 aromatic heterocycles. The molecule has 76 valence electrons. The van der Waals surface area contributed by atoms with E-state index in [4.69, 9.17) is 4.74 Å². The van der Waals surface area contributed by atoms with Gasteiger partial charge in [-0.25, -0.2) is 4.98 Å². The normalized spacial score (nSPS) is 19.1. The molecule has 0 aromatic carbocycles. The number of nitrogens with zero attached hydrogens (tertiary/aromatic N) is 5. The van der Waals surface area contributed by atoms with Crippen molar-refractivity contribution in [1.29, 1.82) is 0 Å². The van der Waals surface area contributed by atoms with Crippen molar-refractivity contribution in [2.24, 2.45) is 0 Å². The molecule has 0 saturated carbocycles. The van der Waals surface area contributed by atoms with Crippen LogP contribution in [0.1, 0.15) is 17.4 Å². The van der Waals surface area contributed by atoms with E-state index < -0.39 is 0 Å². The molecule has 1 atom stereocenters. The van der Waals surface area contributed by atoms with Crippen LogP contribution in [0.15, 0.2) is 18.5 Å². The molecule has 1 fully saturated rings. The maximum Gasteiger partial charge on any atom is 0.157 e. The fourth-order valence-electron chi connectivity index (χ4n) is 1.52. The summed E-state index contributed by atoms with van der Waals surface area (Å²) in [5.74, 6) is 0.724. The molecule has 6 heteroatoms. The van der Waals surface area contributed by atoms with Gasteiger partial charge in [0.05, 0.1) is 6.61 Å². The highest BCUT2D eigenvalue weighted by atomic mass is 16.6. The second kappa shape index (κ2) is 3.09. The molecule has 0 bridgehead atoms. The van der Waals surface area contributed by atoms with Gasteiger partial charge >= 0.3 is 0 Å². The minimum absolute atomic E-state index is 0.237. The van der Waals surface area contributed by atoms with Gasteiger partial charge in [-0.3, -0.25) is 0 Å². The van der Waals surface area contributed by atoms with Crippen LogP contribution in [-0.2, 0) is 4.74 Å². The molecule has 0 aliphatic carbocycles. The molecule has 0 amide bonds. The van der Waals surface area contributed by atoms with Gasteiger partial charge in [0.2, 0.25) is 0 Å². The predicted molar refractivity (Wildman–Crippen MR) is 50.4 cm³/mol. The maximum atomic E-state index is 5.22. The molecule has 1 aliphatic heterocycles. The van der Waals surface area contributed by atoms with E-state index in [0.717, 1.165) is 23.7 Å². The Morgan fingerprint density at radius 1 is 1.47 bits per heavy atom. The van der Waals surface area contributed by atoms with Gasteiger partial charge in [0.1, 0.15) is 12.4 Å². The first-order chi connectivity index (χ1) is 7.34. The van der Waals surface area contributed by atoms with Crippen LogP contribution < -0.4 is 0 Å². The molecular weight excluding hydrogens is 194 g/mol. The van der Waals surface area contributed by atoms with Gasteiger partial charge in [-0.05, 0) is 23.4 Å². The van der Waals surface area contributed by atoms with Gasteiger partial charge in [-0.2, -0.15) is 4.68 Å². The Balaban J connectivity index is 2.01. The minimum Gasteiger partial charge on any atom is -0.368 e. The minimum atomic E-state index is 0.237. The molecule has 3 heterocycles. The van der Waals surface area contributed by atoms with E-state index in [9.17, 15) is 0 Å². The summed E-state index contributed by atoms with van der Waals surface area (Å²) in [6, 6.07) is 3.90. The summed E-state index contributed by atoms with van der Waals surface area (Å²) in [5, 5.41) is 10.9. The van der Waals surface area contributed by atoms with Gasteiger partial charge < -0.3 is 4.74 Å². The zero-order valence-corrected chi connectivity index (χ0v) is 8.16. The Labute approximate surface area is 85.9 Å². The van der Waals surface area contributed by atoms with E-state index >= 15 is 0 Å². The highest BCUT2D eigenvalue weighted by Crippen LogP contribution is 2.31. The van der Waals surface area contributed by atoms with Crippen LogP contribution in [0.25, 0.3) is 5.82 Å². The standard InChI is InChI=1S/C9H9N5O/c1-6-7(8-4-15-8)2-3-9(11-6)14-5-10-12-13-14/h2-3,5,8H,4H2,1H3. The highest BCUT2D eigenvalue weighted by molar-refractivity contribution is 5.31. The second-order valence-electron chi connectivity index (χ2n) is 3.42. The van der Waals surface area contributed by atoms with Gasteiger partial charge in [-0.15, -0.1) is 5.10 Å². The summed E-state index contributed by atoms with van der Waals surface area (Å²) < 4.78 is 6.75. The third-order valence-electron chi connectivity index (χ3n) is 2.38. The number of aromatic nitrogens is 5. The first kappa shape index (κ1) is 8.49. The number of hydrogen-bond acceptors (Lipinski definition) is 5. The Morgan fingerprint density at radius 2 is 2.33 bits per heavy atom. The van der Waals surface area contributed by atoms with E-state index in [2.05, 4.69) is 20.5 Å². The molecule has 3 rings (SSSR count). The number of rotatable bonds is 2. The topological polar surface area (TPSA) is 69.0 Å². The third kappa shape index (κ3) is 1.48. The van der Waals surface area contributed by atoms with Gasteiger partial charge in [0, 0.05) is 11.3 Å². The van der Waals surface area contributed by atoms with Crippen molar-refractivity contribution >= 4 is 0 Å². The van der Waals surface area contributed by atoms with Crippen molar-refractivity contribution in [1.82, 2.24) is 25.2 Å². The van der Waals surface area contributed by atoms with Crippen molar-refractivity contribution in [2.75, 3.05) is 6.61 Å². The smallest absolute Gasteiger partial charge is 0.157 e. The zero-order chi connectivity index (χ0) is 10.3. The second-order valence-corrected chi connectivity index (χ2v) is 3.42. The van der Waals surface area contributed by atoms with Crippen LogP contribution in [0, 0.1) is 6.92 Å². The molecule has 0 spiro atoms. The van der Waals surface area contributed by atoms with Gasteiger partial charge in [0.25, 0.3) is 0 Å². The van der Waals surface area contributed by atoms with E-state index in [1.54, 1.807) is 0 Å². The molecule has 1 saturated heterocycles. The van der Waals surface area contributed by atoms with Crippen LogP contribution in [0.5, 0.6) is 0 Å². The summed E-state index contributed by atoms with van der Waals surface area (Å²) in [6.07, 6.45) is 1.76. The number of hydrogen-bond donors (Lipinski definition) is 0. The lowest BCUT2D eigenvalue weighted by molar-refractivity contribution is 0.414. The predicted octanol–water partition coefficient (Wildman–Crippen LogP) is 0.437.